The second-order valence-corrected chi connectivity index (χ2v) is 3.76. The molecule has 0 saturated carbocycles. The molecule has 7 heteroatoms. The van der Waals surface area contributed by atoms with E-state index in [9.17, 15) is 14.4 Å². The Morgan fingerprint density at radius 1 is 1.31 bits per heavy atom. The van der Waals surface area contributed by atoms with Gasteiger partial charge < -0.3 is 20.6 Å². The Morgan fingerprint density at radius 2 is 1.81 bits per heavy atom. The number of amides is 3. The molecule has 0 aromatic carbocycles. The number of urea groups is 1. The summed E-state index contributed by atoms with van der Waals surface area (Å²) >= 11 is 0. The number of carboxylic acids is 1. The van der Waals surface area contributed by atoms with Gasteiger partial charge in [0.2, 0.25) is 5.91 Å². The molecule has 0 saturated heterocycles. The number of likely N-dealkylation sites (N-methyl/N-ethyl adjacent to an activating group) is 2. The SMILES string of the molecule is CNC(=O)CNC(=O)N(C)C(C)(C)C(=O)O. The average molecular weight is 231 g/mol. The molecule has 0 aromatic rings. The lowest BCUT2D eigenvalue weighted by molar-refractivity contribution is -0.146. The number of aliphatic carboxylic acids is 1. The van der Waals surface area contributed by atoms with Crippen LogP contribution in [0.3, 0.4) is 0 Å². The zero-order valence-corrected chi connectivity index (χ0v) is 9.83. The molecule has 0 radical (unpaired) electrons. The first-order chi connectivity index (χ1) is 7.23. The van der Waals surface area contributed by atoms with Gasteiger partial charge in [-0.15, -0.1) is 0 Å². The van der Waals surface area contributed by atoms with Crippen LogP contribution in [0.25, 0.3) is 0 Å². The molecular formula is C9H17N3O4. The number of hydrogen-bond donors (Lipinski definition) is 3. The third kappa shape index (κ3) is 3.41. The number of nitrogens with one attached hydrogen (secondary N) is 2. The van der Waals surface area contributed by atoms with E-state index < -0.39 is 17.5 Å². The molecule has 92 valence electrons. The van der Waals surface area contributed by atoms with Gasteiger partial charge in [-0.05, 0) is 13.8 Å². The fourth-order valence-electron chi connectivity index (χ4n) is 0.760. The van der Waals surface area contributed by atoms with Crippen molar-refractivity contribution in [2.45, 2.75) is 19.4 Å². The molecule has 0 aliphatic rings. The summed E-state index contributed by atoms with van der Waals surface area (Å²) in [5.41, 5.74) is -1.33. The van der Waals surface area contributed by atoms with Crippen LogP contribution in [0.4, 0.5) is 4.79 Å². The van der Waals surface area contributed by atoms with Gasteiger partial charge in [0, 0.05) is 14.1 Å². The van der Waals surface area contributed by atoms with Gasteiger partial charge in [-0.25, -0.2) is 9.59 Å². The first kappa shape index (κ1) is 14.2. The lowest BCUT2D eigenvalue weighted by Crippen LogP contribution is -2.55. The molecule has 3 N–H and O–H groups in total. The number of carbonyl (C=O) groups is 3. The Hall–Kier alpha value is -1.79. The highest BCUT2D eigenvalue weighted by atomic mass is 16.4. The highest BCUT2D eigenvalue weighted by Crippen LogP contribution is 2.11. The van der Waals surface area contributed by atoms with Crippen LogP contribution in [0, 0.1) is 0 Å². The van der Waals surface area contributed by atoms with Crippen molar-refractivity contribution in [2.75, 3.05) is 20.6 Å². The summed E-state index contributed by atoms with van der Waals surface area (Å²) < 4.78 is 0. The van der Waals surface area contributed by atoms with Crippen LogP contribution in [0.2, 0.25) is 0 Å². The third-order valence-electron chi connectivity index (χ3n) is 2.35. The lowest BCUT2D eigenvalue weighted by atomic mass is 10.1. The molecule has 0 fully saturated rings. The van der Waals surface area contributed by atoms with Crippen molar-refractivity contribution in [3.63, 3.8) is 0 Å². The maximum Gasteiger partial charge on any atom is 0.329 e. The molecule has 0 bridgehead atoms. The van der Waals surface area contributed by atoms with Crippen LogP contribution >= 0.6 is 0 Å². The normalized spacial score (nSPS) is 10.5. The topological polar surface area (TPSA) is 98.7 Å². The summed E-state index contributed by atoms with van der Waals surface area (Å²) in [6.07, 6.45) is 0. The molecular weight excluding hydrogens is 214 g/mol. The molecule has 3 amide bonds. The van der Waals surface area contributed by atoms with E-state index in [2.05, 4.69) is 10.6 Å². The minimum atomic E-state index is -1.33. The Morgan fingerprint density at radius 3 is 2.19 bits per heavy atom. The van der Waals surface area contributed by atoms with Crippen molar-refractivity contribution in [1.29, 1.82) is 0 Å². The predicted molar refractivity (Wildman–Crippen MR) is 56.9 cm³/mol. The molecule has 0 aliphatic carbocycles. The molecule has 0 atom stereocenters. The van der Waals surface area contributed by atoms with E-state index in [0.717, 1.165) is 4.90 Å². The summed E-state index contributed by atoms with van der Waals surface area (Å²) in [4.78, 5) is 34.2. The van der Waals surface area contributed by atoms with E-state index in [1.165, 1.54) is 27.9 Å². The van der Waals surface area contributed by atoms with Gasteiger partial charge in [-0.3, -0.25) is 4.79 Å². The zero-order chi connectivity index (χ0) is 12.9. The second kappa shape index (κ2) is 5.34. The number of carboxylic acid groups (broad SMARTS) is 1. The van der Waals surface area contributed by atoms with Gasteiger partial charge in [0.05, 0.1) is 6.54 Å². The largest absolute Gasteiger partial charge is 0.480 e. The number of carbonyl (C=O) groups excluding carboxylic acids is 2. The molecule has 0 unspecified atom stereocenters. The molecule has 16 heavy (non-hydrogen) atoms. The Labute approximate surface area is 93.8 Å². The summed E-state index contributed by atoms with van der Waals surface area (Å²) in [6.45, 7) is 2.61. The van der Waals surface area contributed by atoms with E-state index in [1.54, 1.807) is 0 Å². The maximum atomic E-state index is 11.5. The summed E-state index contributed by atoms with van der Waals surface area (Å²) in [7, 11) is 2.80. The molecule has 0 aliphatic heterocycles. The maximum absolute atomic E-state index is 11.5. The van der Waals surface area contributed by atoms with Crippen molar-refractivity contribution in [3.05, 3.63) is 0 Å². The van der Waals surface area contributed by atoms with Crippen LogP contribution in [-0.4, -0.2) is 54.1 Å². The van der Waals surface area contributed by atoms with Crippen LogP contribution < -0.4 is 10.6 Å². The van der Waals surface area contributed by atoms with E-state index in [-0.39, 0.29) is 12.5 Å². The van der Waals surface area contributed by atoms with Gasteiger partial charge in [0.15, 0.2) is 0 Å². The van der Waals surface area contributed by atoms with E-state index >= 15 is 0 Å². The minimum absolute atomic E-state index is 0.185. The van der Waals surface area contributed by atoms with E-state index in [0.29, 0.717) is 0 Å². The summed E-state index contributed by atoms with van der Waals surface area (Å²) in [5.74, 6) is -1.47. The Bertz CT molecular complexity index is 301. The summed E-state index contributed by atoms with van der Waals surface area (Å²) in [5, 5.41) is 13.5. The average Bonchev–Trinajstić information content (AvgIpc) is 2.23. The summed E-state index contributed by atoms with van der Waals surface area (Å²) in [6, 6.07) is -0.615. The van der Waals surface area contributed by atoms with Crippen molar-refractivity contribution >= 4 is 17.9 Å². The number of hydrogen-bond acceptors (Lipinski definition) is 3. The fourth-order valence-corrected chi connectivity index (χ4v) is 0.760. The molecule has 7 nitrogen and oxygen atoms in total. The second-order valence-electron chi connectivity index (χ2n) is 3.76. The number of nitrogens with zero attached hydrogens (tertiary/aromatic N) is 1. The van der Waals surface area contributed by atoms with E-state index in [4.69, 9.17) is 5.11 Å². The Balaban J connectivity index is 4.40. The van der Waals surface area contributed by atoms with Gasteiger partial charge in [0.25, 0.3) is 0 Å². The fraction of sp³-hybridized carbons (Fsp3) is 0.667. The minimum Gasteiger partial charge on any atom is -0.480 e. The van der Waals surface area contributed by atoms with Crippen molar-refractivity contribution < 1.29 is 19.5 Å². The van der Waals surface area contributed by atoms with Crippen molar-refractivity contribution in [1.82, 2.24) is 15.5 Å². The van der Waals surface area contributed by atoms with Crippen LogP contribution in [0.5, 0.6) is 0 Å². The van der Waals surface area contributed by atoms with Crippen LogP contribution in [0.15, 0.2) is 0 Å². The third-order valence-corrected chi connectivity index (χ3v) is 2.35. The zero-order valence-electron chi connectivity index (χ0n) is 9.83. The Kier molecular flexibility index (Phi) is 4.74. The van der Waals surface area contributed by atoms with Crippen molar-refractivity contribution in [3.8, 4) is 0 Å². The van der Waals surface area contributed by atoms with Gasteiger partial charge >= 0.3 is 12.0 Å². The molecule has 0 aromatic heterocycles. The molecule has 0 heterocycles. The smallest absolute Gasteiger partial charge is 0.329 e. The van der Waals surface area contributed by atoms with E-state index in [1.807, 2.05) is 0 Å². The monoisotopic (exact) mass is 231 g/mol. The predicted octanol–water partition coefficient (Wildman–Crippen LogP) is -0.763. The quantitative estimate of drug-likeness (QED) is 0.592. The standard InChI is InChI=1S/C9H17N3O4/c1-9(2,7(14)15)12(4)8(16)11-5-6(13)10-3/h5H2,1-4H3,(H,10,13)(H,11,16)(H,14,15). The van der Waals surface area contributed by atoms with Gasteiger partial charge in [-0.1, -0.05) is 0 Å². The lowest BCUT2D eigenvalue weighted by Gasteiger charge is -2.31. The molecule has 0 rings (SSSR count). The first-order valence-electron chi connectivity index (χ1n) is 4.69. The van der Waals surface area contributed by atoms with Gasteiger partial charge in [0.1, 0.15) is 5.54 Å². The van der Waals surface area contributed by atoms with Crippen LogP contribution in [-0.2, 0) is 9.59 Å². The highest BCUT2D eigenvalue weighted by Gasteiger charge is 2.35. The van der Waals surface area contributed by atoms with Crippen molar-refractivity contribution in [2.24, 2.45) is 0 Å². The van der Waals surface area contributed by atoms with Crippen LogP contribution in [0.1, 0.15) is 13.8 Å². The highest BCUT2D eigenvalue weighted by molar-refractivity contribution is 5.88. The number of rotatable bonds is 4. The molecule has 0 spiro atoms. The first-order valence-corrected chi connectivity index (χ1v) is 4.69. The van der Waals surface area contributed by atoms with Gasteiger partial charge in [-0.2, -0.15) is 0 Å².